The predicted octanol–water partition coefficient (Wildman–Crippen LogP) is 5.22. The molecule has 0 saturated carbocycles. The molecular formula is C19H25ClN2S. The predicted molar refractivity (Wildman–Crippen MR) is 102 cm³/mol. The molecule has 0 saturated heterocycles. The lowest BCUT2D eigenvalue weighted by Gasteiger charge is -2.17. The summed E-state index contributed by atoms with van der Waals surface area (Å²) in [6, 6.07) is 10.4. The number of thioether (sulfide) groups is 1. The van der Waals surface area contributed by atoms with Crippen LogP contribution in [0.5, 0.6) is 0 Å². The molecule has 4 heteroatoms. The van der Waals surface area contributed by atoms with E-state index in [1.165, 1.54) is 16.0 Å². The van der Waals surface area contributed by atoms with Gasteiger partial charge in [-0.3, -0.25) is 4.98 Å². The lowest BCUT2D eigenvalue weighted by Crippen LogP contribution is -2.16. The maximum Gasteiger partial charge on any atom is 0.0545 e. The first-order valence-electron chi connectivity index (χ1n) is 7.76. The van der Waals surface area contributed by atoms with Crippen molar-refractivity contribution in [3.05, 3.63) is 57.9 Å². The summed E-state index contributed by atoms with van der Waals surface area (Å²) in [5.74, 6) is 0. The summed E-state index contributed by atoms with van der Waals surface area (Å²) in [7, 11) is 0. The maximum absolute atomic E-state index is 6.52. The second-order valence-corrected chi connectivity index (χ2v) is 7.49. The molecule has 1 N–H and O–H groups in total. The third kappa shape index (κ3) is 4.28. The number of benzene rings is 1. The van der Waals surface area contributed by atoms with E-state index in [0.717, 1.165) is 42.3 Å². The highest BCUT2D eigenvalue weighted by Crippen LogP contribution is 2.41. The van der Waals surface area contributed by atoms with Crippen LogP contribution in [0.1, 0.15) is 42.1 Å². The largest absolute Gasteiger partial charge is 0.316 e. The molecule has 124 valence electrons. The average molecular weight is 349 g/mol. The number of fused-ring (bicyclic) bond motifs is 1. The van der Waals surface area contributed by atoms with Gasteiger partial charge in [0.15, 0.2) is 0 Å². The minimum absolute atomic E-state index is 0. The highest BCUT2D eigenvalue weighted by Gasteiger charge is 2.18. The van der Waals surface area contributed by atoms with E-state index in [9.17, 15) is 0 Å². The molecule has 1 aliphatic rings. The van der Waals surface area contributed by atoms with E-state index in [-0.39, 0.29) is 7.43 Å². The Hall–Kier alpha value is -1.03. The van der Waals surface area contributed by atoms with E-state index in [2.05, 4.69) is 35.4 Å². The van der Waals surface area contributed by atoms with E-state index in [1.54, 1.807) is 0 Å². The van der Waals surface area contributed by atoms with Gasteiger partial charge in [-0.15, -0.1) is 11.8 Å². The highest BCUT2D eigenvalue weighted by atomic mass is 35.5. The molecule has 1 aromatic carbocycles. The van der Waals surface area contributed by atoms with Gasteiger partial charge in [0.1, 0.15) is 0 Å². The molecule has 1 unspecified atom stereocenters. The summed E-state index contributed by atoms with van der Waals surface area (Å²) in [6.07, 6.45) is 2.13. The highest BCUT2D eigenvalue weighted by molar-refractivity contribution is 7.99. The number of aromatic nitrogens is 1. The Morgan fingerprint density at radius 2 is 1.96 bits per heavy atom. The molecule has 2 aromatic rings. The van der Waals surface area contributed by atoms with Crippen LogP contribution >= 0.6 is 23.4 Å². The van der Waals surface area contributed by atoms with Gasteiger partial charge in [0.05, 0.1) is 10.7 Å². The second-order valence-electron chi connectivity index (χ2n) is 5.73. The third-order valence-electron chi connectivity index (χ3n) is 4.05. The smallest absolute Gasteiger partial charge is 0.0545 e. The van der Waals surface area contributed by atoms with Gasteiger partial charge in [-0.25, -0.2) is 0 Å². The molecule has 3 rings (SSSR count). The summed E-state index contributed by atoms with van der Waals surface area (Å²) >= 11 is 8.35. The van der Waals surface area contributed by atoms with E-state index < -0.39 is 0 Å². The van der Waals surface area contributed by atoms with Gasteiger partial charge in [0.25, 0.3) is 0 Å². The molecule has 0 amide bonds. The van der Waals surface area contributed by atoms with Crippen molar-refractivity contribution in [1.82, 2.24) is 10.3 Å². The van der Waals surface area contributed by atoms with Crippen LogP contribution in [0.3, 0.4) is 0 Å². The molecule has 0 spiro atoms. The van der Waals surface area contributed by atoms with Crippen molar-refractivity contribution in [3.63, 3.8) is 0 Å². The average Bonchev–Trinajstić information content (AvgIpc) is 2.75. The molecule has 23 heavy (non-hydrogen) atoms. The molecule has 0 aliphatic carbocycles. The van der Waals surface area contributed by atoms with E-state index in [1.807, 2.05) is 30.8 Å². The first-order chi connectivity index (χ1) is 10.6. The fourth-order valence-corrected chi connectivity index (χ4v) is 4.34. The molecular weight excluding hydrogens is 324 g/mol. The Labute approximate surface area is 149 Å². The van der Waals surface area contributed by atoms with Crippen LogP contribution in [0.25, 0.3) is 0 Å². The summed E-state index contributed by atoms with van der Waals surface area (Å²) in [5.41, 5.74) is 5.03. The SMILES string of the molecule is C.Cc1cccc(C(C)Sc2c(Cl)ccc3c2CCNCC3)n1. The molecule has 2 nitrogen and oxygen atoms in total. The van der Waals surface area contributed by atoms with Crippen molar-refractivity contribution >= 4 is 23.4 Å². The van der Waals surface area contributed by atoms with Crippen LogP contribution < -0.4 is 5.32 Å². The lowest BCUT2D eigenvalue weighted by atomic mass is 10.0. The first kappa shape index (κ1) is 18.3. The Balaban J connectivity index is 0.00000192. The van der Waals surface area contributed by atoms with Crippen molar-refractivity contribution in [1.29, 1.82) is 0 Å². The molecule has 1 atom stereocenters. The number of hydrogen-bond donors (Lipinski definition) is 1. The molecule has 1 aromatic heterocycles. The second kappa shape index (κ2) is 8.18. The zero-order valence-electron chi connectivity index (χ0n) is 13.0. The van der Waals surface area contributed by atoms with Gasteiger partial charge < -0.3 is 5.32 Å². The van der Waals surface area contributed by atoms with Crippen LogP contribution in [0.2, 0.25) is 5.02 Å². The minimum Gasteiger partial charge on any atom is -0.316 e. The van der Waals surface area contributed by atoms with Crippen LogP contribution in [0.4, 0.5) is 0 Å². The maximum atomic E-state index is 6.52. The lowest BCUT2D eigenvalue weighted by molar-refractivity contribution is 0.709. The van der Waals surface area contributed by atoms with Crippen LogP contribution in [-0.2, 0) is 12.8 Å². The third-order valence-corrected chi connectivity index (χ3v) is 5.78. The Morgan fingerprint density at radius 1 is 1.17 bits per heavy atom. The Kier molecular flexibility index (Phi) is 6.51. The van der Waals surface area contributed by atoms with Gasteiger partial charge in [-0.05, 0) is 69.1 Å². The zero-order chi connectivity index (χ0) is 15.5. The summed E-state index contributed by atoms with van der Waals surface area (Å²) in [4.78, 5) is 5.89. The molecule has 0 radical (unpaired) electrons. The summed E-state index contributed by atoms with van der Waals surface area (Å²) in [6.45, 7) is 6.32. The van der Waals surface area contributed by atoms with Crippen LogP contribution in [0.15, 0.2) is 35.2 Å². The normalized spacial score (nSPS) is 15.3. The summed E-state index contributed by atoms with van der Waals surface area (Å²) in [5, 5.41) is 4.63. The topological polar surface area (TPSA) is 24.9 Å². The van der Waals surface area contributed by atoms with Crippen molar-refractivity contribution < 1.29 is 0 Å². The number of hydrogen-bond acceptors (Lipinski definition) is 3. The quantitative estimate of drug-likeness (QED) is 0.769. The van der Waals surface area contributed by atoms with E-state index in [0.29, 0.717) is 5.25 Å². The number of halogens is 1. The van der Waals surface area contributed by atoms with Crippen molar-refractivity contribution in [2.45, 2.75) is 44.3 Å². The standard InChI is InChI=1S/C18H21ClN2S.CH4/c1-12-4-3-5-17(21-12)13(2)22-18-15-9-11-20-10-8-14(15)6-7-16(18)19;/h3-7,13,20H,8-11H2,1-2H3;1H4. The van der Waals surface area contributed by atoms with Gasteiger partial charge in [0.2, 0.25) is 0 Å². The number of nitrogens with one attached hydrogen (secondary N) is 1. The monoisotopic (exact) mass is 348 g/mol. The number of nitrogens with zero attached hydrogens (tertiary/aromatic N) is 1. The first-order valence-corrected chi connectivity index (χ1v) is 9.02. The van der Waals surface area contributed by atoms with Crippen LogP contribution in [-0.4, -0.2) is 18.1 Å². The van der Waals surface area contributed by atoms with Crippen LogP contribution in [0, 0.1) is 6.92 Å². The Bertz CT molecular complexity index is 672. The van der Waals surface area contributed by atoms with Crippen molar-refractivity contribution in [3.8, 4) is 0 Å². The summed E-state index contributed by atoms with van der Waals surface area (Å²) < 4.78 is 0. The number of pyridine rings is 1. The number of rotatable bonds is 3. The molecule has 0 bridgehead atoms. The number of aryl methyl sites for hydroxylation is 1. The van der Waals surface area contributed by atoms with Gasteiger partial charge in [-0.2, -0.15) is 0 Å². The van der Waals surface area contributed by atoms with Gasteiger partial charge >= 0.3 is 0 Å². The van der Waals surface area contributed by atoms with E-state index >= 15 is 0 Å². The molecule has 1 aliphatic heterocycles. The Morgan fingerprint density at radius 3 is 2.74 bits per heavy atom. The van der Waals surface area contributed by atoms with Gasteiger partial charge in [-0.1, -0.05) is 31.2 Å². The van der Waals surface area contributed by atoms with Gasteiger partial charge in [0, 0.05) is 15.8 Å². The molecule has 2 heterocycles. The fraction of sp³-hybridized carbons (Fsp3) is 0.421. The fourth-order valence-electron chi connectivity index (χ4n) is 2.86. The van der Waals surface area contributed by atoms with Crippen molar-refractivity contribution in [2.24, 2.45) is 0 Å². The van der Waals surface area contributed by atoms with E-state index in [4.69, 9.17) is 11.6 Å². The molecule has 0 fully saturated rings. The zero-order valence-corrected chi connectivity index (χ0v) is 14.6. The minimum atomic E-state index is 0. The van der Waals surface area contributed by atoms with Crippen molar-refractivity contribution in [2.75, 3.05) is 13.1 Å².